The van der Waals surface area contributed by atoms with Gasteiger partial charge in [0.1, 0.15) is 6.21 Å². The second-order valence-electron chi connectivity index (χ2n) is 1.45. The van der Waals surface area contributed by atoms with Gasteiger partial charge in [-0.1, -0.05) is 5.28 Å². The highest BCUT2D eigenvalue weighted by Crippen LogP contribution is 1.89. The Hall–Kier alpha value is -1.30. The fourth-order valence-electron chi connectivity index (χ4n) is 0.435. The maximum Gasteiger partial charge on any atom is 0.253 e. The van der Waals surface area contributed by atoms with Crippen LogP contribution in [-0.4, -0.2) is 31.6 Å². The summed E-state index contributed by atoms with van der Waals surface area (Å²) in [6.07, 6.45) is 1.43. The van der Waals surface area contributed by atoms with Crippen LogP contribution < -0.4 is 5.53 Å². The number of methoxy groups -OCH3 is 1. The molecule has 0 unspecified atom stereocenters. The van der Waals surface area contributed by atoms with Gasteiger partial charge >= 0.3 is 0 Å². The average Bonchev–Trinajstić information content (AvgIpc) is 2.05. The Labute approximate surface area is 58.0 Å². The highest BCUT2D eigenvalue weighted by Gasteiger charge is 2.03. The third kappa shape index (κ3) is 1.35. The summed E-state index contributed by atoms with van der Waals surface area (Å²) in [6.45, 7) is 0. The molecule has 0 atom stereocenters. The summed E-state index contributed by atoms with van der Waals surface area (Å²) in [6, 6.07) is 0. The topological polar surface area (TPSA) is 58.5 Å². The molecule has 0 radical (unpaired) electrons. The molecule has 0 saturated heterocycles. The fraction of sp³-hybridized carbons (Fsp3) is 0.500. The Morgan fingerprint density at radius 2 is 2.40 bits per heavy atom. The fourth-order valence-corrected chi connectivity index (χ4v) is 0.435. The lowest BCUT2D eigenvalue weighted by molar-refractivity contribution is -0.172. The maximum atomic E-state index is 4.74. The van der Waals surface area contributed by atoms with Crippen molar-refractivity contribution in [2.24, 2.45) is 10.2 Å². The molecule has 10 heavy (non-hydrogen) atoms. The predicted molar refractivity (Wildman–Crippen MR) is 34.9 cm³/mol. The second kappa shape index (κ2) is 3.02. The molecule has 6 nitrogen and oxygen atoms in total. The molecule has 6 heteroatoms. The zero-order valence-electron chi connectivity index (χ0n) is 5.74. The van der Waals surface area contributed by atoms with Crippen LogP contribution in [-0.2, 0) is 9.57 Å². The van der Waals surface area contributed by atoms with E-state index >= 15 is 0 Å². The molecule has 1 N–H and O–H groups in total. The smallest absolute Gasteiger partial charge is 0.253 e. The van der Waals surface area contributed by atoms with Crippen molar-refractivity contribution in [3.05, 3.63) is 0 Å². The standard InChI is InChI=1S/C4H8N4O2/c1-9-4-3-5-8(10-2)7-6-4/h3,7H,1-2H3. The molecular weight excluding hydrogens is 136 g/mol. The zero-order chi connectivity index (χ0) is 7.40. The molecule has 0 aromatic heterocycles. The van der Waals surface area contributed by atoms with Gasteiger partial charge in [-0.2, -0.15) is 5.53 Å². The van der Waals surface area contributed by atoms with Gasteiger partial charge in [-0.25, -0.2) is 4.84 Å². The number of hydrazone groups is 2. The number of hydrogen-bond acceptors (Lipinski definition) is 6. The predicted octanol–water partition coefficient (Wildman–Crippen LogP) is -0.686. The number of hydrogen-bond donors (Lipinski definition) is 1. The lowest BCUT2D eigenvalue weighted by Crippen LogP contribution is -2.33. The van der Waals surface area contributed by atoms with Crippen molar-refractivity contribution in [1.29, 1.82) is 0 Å². The van der Waals surface area contributed by atoms with Crippen molar-refractivity contribution in [3.63, 3.8) is 0 Å². The number of hydrazine groups is 1. The Kier molecular flexibility index (Phi) is 2.06. The molecule has 0 amide bonds. The van der Waals surface area contributed by atoms with Gasteiger partial charge in [0.05, 0.1) is 14.2 Å². The van der Waals surface area contributed by atoms with E-state index in [1.807, 2.05) is 0 Å². The number of nitrogens with one attached hydrogen (secondary N) is 1. The van der Waals surface area contributed by atoms with Crippen LogP contribution in [0.1, 0.15) is 0 Å². The summed E-state index contributed by atoms with van der Waals surface area (Å²) < 4.78 is 4.74. The summed E-state index contributed by atoms with van der Waals surface area (Å²) in [5.74, 6) is 0.410. The molecule has 56 valence electrons. The minimum absolute atomic E-state index is 0.410. The SMILES string of the molecule is COC1=NNN(OC)N=C1. The molecule has 1 aliphatic heterocycles. The van der Waals surface area contributed by atoms with E-state index in [1.54, 1.807) is 0 Å². The molecule has 0 aliphatic carbocycles. The first-order valence-electron chi connectivity index (χ1n) is 2.62. The largest absolute Gasteiger partial charge is 0.479 e. The van der Waals surface area contributed by atoms with Gasteiger partial charge in [-0.05, 0) is 0 Å². The van der Waals surface area contributed by atoms with Gasteiger partial charge in [0, 0.05) is 0 Å². The van der Waals surface area contributed by atoms with Crippen molar-refractivity contribution in [2.75, 3.05) is 14.2 Å². The van der Waals surface area contributed by atoms with Gasteiger partial charge in [0.2, 0.25) is 0 Å². The van der Waals surface area contributed by atoms with E-state index in [0.717, 1.165) is 5.28 Å². The second-order valence-corrected chi connectivity index (χ2v) is 1.45. The van der Waals surface area contributed by atoms with Gasteiger partial charge in [0.15, 0.2) is 0 Å². The van der Waals surface area contributed by atoms with Gasteiger partial charge in [0.25, 0.3) is 5.90 Å². The minimum Gasteiger partial charge on any atom is -0.479 e. The van der Waals surface area contributed by atoms with Crippen LogP contribution in [0.15, 0.2) is 10.2 Å². The molecule has 1 aliphatic rings. The summed E-state index contributed by atoms with van der Waals surface area (Å²) >= 11 is 0. The molecule has 0 aromatic rings. The van der Waals surface area contributed by atoms with Crippen LogP contribution in [0.3, 0.4) is 0 Å². The van der Waals surface area contributed by atoms with E-state index < -0.39 is 0 Å². The van der Waals surface area contributed by atoms with Gasteiger partial charge in [-0.15, -0.1) is 10.2 Å². The van der Waals surface area contributed by atoms with Gasteiger partial charge < -0.3 is 4.74 Å². The molecule has 0 spiro atoms. The van der Waals surface area contributed by atoms with E-state index in [4.69, 9.17) is 4.74 Å². The highest BCUT2D eigenvalue weighted by atomic mass is 16.7. The first kappa shape index (κ1) is 6.81. The Morgan fingerprint density at radius 3 is 2.80 bits per heavy atom. The van der Waals surface area contributed by atoms with E-state index in [9.17, 15) is 0 Å². The molecule has 0 fully saturated rings. The molecule has 1 rings (SSSR count). The summed E-state index contributed by atoms with van der Waals surface area (Å²) in [7, 11) is 2.98. The zero-order valence-corrected chi connectivity index (χ0v) is 5.74. The van der Waals surface area contributed by atoms with E-state index in [-0.39, 0.29) is 0 Å². The number of rotatable bonds is 1. The van der Waals surface area contributed by atoms with Crippen molar-refractivity contribution in [2.45, 2.75) is 0 Å². The Bertz CT molecular complexity index is 167. The highest BCUT2D eigenvalue weighted by molar-refractivity contribution is 6.26. The van der Waals surface area contributed by atoms with Crippen molar-refractivity contribution < 1.29 is 9.57 Å². The third-order valence-electron chi connectivity index (χ3n) is 0.901. The maximum absolute atomic E-state index is 4.74. The van der Waals surface area contributed by atoms with Crippen molar-refractivity contribution >= 4 is 12.1 Å². The lowest BCUT2D eigenvalue weighted by atomic mass is 10.7. The lowest BCUT2D eigenvalue weighted by Gasteiger charge is -2.16. The number of ether oxygens (including phenoxy) is 1. The normalized spacial score (nSPS) is 16.2. The van der Waals surface area contributed by atoms with Crippen LogP contribution in [0.2, 0.25) is 0 Å². The van der Waals surface area contributed by atoms with Crippen molar-refractivity contribution in [1.82, 2.24) is 10.8 Å². The van der Waals surface area contributed by atoms with Crippen molar-refractivity contribution in [3.8, 4) is 0 Å². The van der Waals surface area contributed by atoms with Crippen LogP contribution >= 0.6 is 0 Å². The molecule has 1 heterocycles. The quantitative estimate of drug-likeness (QED) is 0.529. The first-order valence-corrected chi connectivity index (χ1v) is 2.62. The van der Waals surface area contributed by atoms with E-state index in [2.05, 4.69) is 20.6 Å². The first-order chi connectivity index (χ1) is 4.86. The van der Waals surface area contributed by atoms with E-state index in [0.29, 0.717) is 5.90 Å². The summed E-state index contributed by atoms with van der Waals surface area (Å²) in [5, 5.41) is 8.52. The van der Waals surface area contributed by atoms with E-state index in [1.165, 1.54) is 20.4 Å². The van der Waals surface area contributed by atoms with Crippen LogP contribution in [0.4, 0.5) is 0 Å². The van der Waals surface area contributed by atoms with Crippen LogP contribution in [0.25, 0.3) is 0 Å². The monoisotopic (exact) mass is 144 g/mol. The Morgan fingerprint density at radius 1 is 1.60 bits per heavy atom. The molecular formula is C4H8N4O2. The molecule has 0 saturated carbocycles. The minimum atomic E-state index is 0.410. The average molecular weight is 144 g/mol. The van der Waals surface area contributed by atoms with Gasteiger partial charge in [-0.3, -0.25) is 0 Å². The van der Waals surface area contributed by atoms with Crippen LogP contribution in [0, 0.1) is 0 Å². The third-order valence-corrected chi connectivity index (χ3v) is 0.901. The molecule has 0 aromatic carbocycles. The molecule has 0 bridgehead atoms. The Balaban J connectivity index is 2.46. The number of nitrogens with zero attached hydrogens (tertiary/aromatic N) is 3. The summed E-state index contributed by atoms with van der Waals surface area (Å²) in [5.41, 5.74) is 2.45. The van der Waals surface area contributed by atoms with Crippen LogP contribution in [0.5, 0.6) is 0 Å². The summed E-state index contributed by atoms with van der Waals surface area (Å²) in [4.78, 5) is 4.65.